The number of nitrogens with one attached hydrogen (secondary N) is 2. The van der Waals surface area contributed by atoms with E-state index in [9.17, 15) is 9.59 Å². The van der Waals surface area contributed by atoms with Crippen LogP contribution in [0.3, 0.4) is 0 Å². The van der Waals surface area contributed by atoms with E-state index in [1.807, 2.05) is 11.4 Å². The van der Waals surface area contributed by atoms with Crippen LogP contribution in [0, 0.1) is 12.8 Å². The lowest BCUT2D eigenvalue weighted by molar-refractivity contribution is -0.125. The number of aromatic amines is 1. The molecule has 0 atom stereocenters. The largest absolute Gasteiger partial charge is 0.356 e. The summed E-state index contributed by atoms with van der Waals surface area (Å²) in [6.45, 7) is 6.36. The fraction of sp³-hybridized carbons (Fsp3) is 0.435. The molecule has 1 aliphatic rings. The predicted molar refractivity (Wildman–Crippen MR) is 123 cm³/mol. The number of amides is 1. The first-order valence-corrected chi connectivity index (χ1v) is 11.6. The zero-order valence-electron chi connectivity index (χ0n) is 17.5. The van der Waals surface area contributed by atoms with Crippen LogP contribution < -0.4 is 15.8 Å². The molecule has 1 fully saturated rings. The van der Waals surface area contributed by atoms with Gasteiger partial charge in [-0.3, -0.25) is 14.6 Å². The number of anilines is 1. The Labute approximate surface area is 180 Å². The molecule has 3 aromatic rings. The summed E-state index contributed by atoms with van der Waals surface area (Å²) >= 11 is 1.43. The molecule has 0 aliphatic carbocycles. The molecule has 0 unspecified atom stereocenters. The Balaban J connectivity index is 1.54. The summed E-state index contributed by atoms with van der Waals surface area (Å²) in [5.41, 5.74) is 3.90. The highest BCUT2D eigenvalue weighted by molar-refractivity contribution is 7.17. The average Bonchev–Trinajstić information content (AvgIpc) is 3.19. The number of unbranched alkanes of at least 4 members (excludes halogenated alkanes) is 1. The normalized spacial score (nSPS) is 14.9. The number of H-pyrrole nitrogens is 1. The van der Waals surface area contributed by atoms with E-state index in [1.165, 1.54) is 16.9 Å². The van der Waals surface area contributed by atoms with Gasteiger partial charge in [-0.15, -0.1) is 11.3 Å². The number of thiophene rings is 1. The van der Waals surface area contributed by atoms with Crippen molar-refractivity contribution in [3.8, 4) is 11.1 Å². The second-order valence-electron chi connectivity index (χ2n) is 7.99. The van der Waals surface area contributed by atoms with Crippen molar-refractivity contribution in [3.63, 3.8) is 0 Å². The maximum absolute atomic E-state index is 12.7. The van der Waals surface area contributed by atoms with Crippen molar-refractivity contribution in [2.24, 2.45) is 5.92 Å². The topological polar surface area (TPSA) is 78.1 Å². The Morgan fingerprint density at radius 3 is 2.87 bits per heavy atom. The van der Waals surface area contributed by atoms with E-state index in [0.717, 1.165) is 48.9 Å². The fourth-order valence-electron chi connectivity index (χ4n) is 3.97. The van der Waals surface area contributed by atoms with Gasteiger partial charge in [0.2, 0.25) is 11.9 Å². The van der Waals surface area contributed by atoms with E-state index in [4.69, 9.17) is 4.98 Å². The van der Waals surface area contributed by atoms with Gasteiger partial charge in [-0.1, -0.05) is 43.2 Å². The fourth-order valence-corrected chi connectivity index (χ4v) is 4.88. The molecule has 3 heterocycles. The zero-order valence-corrected chi connectivity index (χ0v) is 18.3. The highest BCUT2D eigenvalue weighted by Gasteiger charge is 2.26. The molecule has 1 aromatic carbocycles. The highest BCUT2D eigenvalue weighted by atomic mass is 32.1. The van der Waals surface area contributed by atoms with E-state index < -0.39 is 0 Å². The Hall–Kier alpha value is -2.67. The summed E-state index contributed by atoms with van der Waals surface area (Å²) < 4.78 is 0.653. The lowest BCUT2D eigenvalue weighted by atomic mass is 9.96. The van der Waals surface area contributed by atoms with Crippen LogP contribution in [0.5, 0.6) is 0 Å². The Morgan fingerprint density at radius 1 is 1.33 bits per heavy atom. The van der Waals surface area contributed by atoms with Crippen molar-refractivity contribution >= 4 is 33.4 Å². The Kier molecular flexibility index (Phi) is 6.18. The number of aromatic nitrogens is 2. The van der Waals surface area contributed by atoms with E-state index in [0.29, 0.717) is 23.7 Å². The van der Waals surface area contributed by atoms with Gasteiger partial charge < -0.3 is 10.2 Å². The maximum atomic E-state index is 12.7. The minimum atomic E-state index is -0.0988. The Bertz CT molecular complexity index is 1100. The molecule has 158 valence electrons. The number of benzene rings is 1. The number of hydrogen-bond donors (Lipinski definition) is 2. The third-order valence-corrected chi connectivity index (χ3v) is 6.71. The zero-order chi connectivity index (χ0) is 21.1. The van der Waals surface area contributed by atoms with Crippen LogP contribution in [0.1, 0.15) is 38.2 Å². The average molecular weight is 425 g/mol. The van der Waals surface area contributed by atoms with Crippen molar-refractivity contribution in [2.45, 2.75) is 39.5 Å². The first-order chi connectivity index (χ1) is 14.6. The van der Waals surface area contributed by atoms with Crippen molar-refractivity contribution in [1.29, 1.82) is 0 Å². The van der Waals surface area contributed by atoms with Crippen molar-refractivity contribution in [1.82, 2.24) is 15.3 Å². The van der Waals surface area contributed by atoms with E-state index in [-0.39, 0.29) is 17.4 Å². The predicted octanol–water partition coefficient (Wildman–Crippen LogP) is 4.09. The van der Waals surface area contributed by atoms with E-state index >= 15 is 0 Å². The lowest BCUT2D eigenvalue weighted by Gasteiger charge is -2.31. The quantitative estimate of drug-likeness (QED) is 0.584. The number of hydrogen-bond acceptors (Lipinski definition) is 5. The second-order valence-corrected chi connectivity index (χ2v) is 8.87. The number of nitrogens with zero attached hydrogens (tertiary/aromatic N) is 2. The summed E-state index contributed by atoms with van der Waals surface area (Å²) in [5, 5.41) is 5.05. The number of carbonyl (C=O) groups is 1. The summed E-state index contributed by atoms with van der Waals surface area (Å²) in [7, 11) is 0. The van der Waals surface area contributed by atoms with Gasteiger partial charge in [0.1, 0.15) is 4.70 Å². The monoisotopic (exact) mass is 424 g/mol. The van der Waals surface area contributed by atoms with Gasteiger partial charge in [-0.2, -0.15) is 0 Å². The molecule has 2 N–H and O–H groups in total. The Morgan fingerprint density at radius 2 is 2.13 bits per heavy atom. The number of piperidine rings is 1. The van der Waals surface area contributed by atoms with Gasteiger partial charge >= 0.3 is 0 Å². The molecule has 1 aliphatic heterocycles. The molecule has 0 bridgehead atoms. The molecule has 30 heavy (non-hydrogen) atoms. The van der Waals surface area contributed by atoms with Crippen LogP contribution >= 0.6 is 11.3 Å². The third kappa shape index (κ3) is 4.26. The lowest BCUT2D eigenvalue weighted by Crippen LogP contribution is -2.41. The first kappa shape index (κ1) is 20.6. The number of rotatable bonds is 6. The third-order valence-electron chi connectivity index (χ3n) is 5.74. The van der Waals surface area contributed by atoms with Gasteiger partial charge in [0.15, 0.2) is 0 Å². The smallest absolute Gasteiger partial charge is 0.270 e. The highest BCUT2D eigenvalue weighted by Crippen LogP contribution is 2.32. The molecule has 6 nitrogen and oxygen atoms in total. The van der Waals surface area contributed by atoms with Crippen LogP contribution in [-0.2, 0) is 4.79 Å². The van der Waals surface area contributed by atoms with Gasteiger partial charge in [-0.05, 0) is 31.7 Å². The summed E-state index contributed by atoms with van der Waals surface area (Å²) in [5.74, 6) is 0.793. The van der Waals surface area contributed by atoms with Crippen molar-refractivity contribution in [2.75, 3.05) is 24.5 Å². The molecule has 0 spiro atoms. The molecule has 1 amide bonds. The van der Waals surface area contributed by atoms with Gasteiger partial charge in [0.05, 0.1) is 5.52 Å². The number of aryl methyl sites for hydroxylation is 1. The number of fused-ring (bicyclic) bond motifs is 1. The van der Waals surface area contributed by atoms with E-state index in [1.54, 1.807) is 0 Å². The SMILES string of the molecule is CCCCNC(=O)C1CCN(c2nc3c(-c4cccc(C)c4)csc3c(=O)[nH]2)CC1. The summed E-state index contributed by atoms with van der Waals surface area (Å²) in [6.07, 6.45) is 3.63. The maximum Gasteiger partial charge on any atom is 0.270 e. The molecular weight excluding hydrogens is 396 g/mol. The standard InChI is InChI=1S/C23H28N4O2S/c1-3-4-10-24-21(28)16-8-11-27(12-9-16)23-25-19-18(14-30-20(19)22(29)26-23)17-7-5-6-15(2)13-17/h5-7,13-14,16H,3-4,8-12H2,1-2H3,(H,24,28)(H,25,26,29). The van der Waals surface area contributed by atoms with Gasteiger partial charge in [0, 0.05) is 36.5 Å². The van der Waals surface area contributed by atoms with Crippen molar-refractivity contribution in [3.05, 3.63) is 45.6 Å². The second kappa shape index (κ2) is 9.00. The van der Waals surface area contributed by atoms with Gasteiger partial charge in [0.25, 0.3) is 5.56 Å². The first-order valence-electron chi connectivity index (χ1n) is 10.7. The number of carbonyl (C=O) groups excluding carboxylic acids is 1. The molecular formula is C23H28N4O2S. The van der Waals surface area contributed by atoms with Crippen LogP contribution in [0.25, 0.3) is 21.3 Å². The van der Waals surface area contributed by atoms with Crippen LogP contribution in [0.15, 0.2) is 34.4 Å². The minimum absolute atomic E-state index is 0.0394. The van der Waals surface area contributed by atoms with Crippen LogP contribution in [0.2, 0.25) is 0 Å². The van der Waals surface area contributed by atoms with Crippen LogP contribution in [-0.4, -0.2) is 35.5 Å². The molecule has 0 radical (unpaired) electrons. The minimum Gasteiger partial charge on any atom is -0.356 e. The summed E-state index contributed by atoms with van der Waals surface area (Å²) in [6, 6.07) is 8.26. The molecule has 0 saturated carbocycles. The van der Waals surface area contributed by atoms with E-state index in [2.05, 4.69) is 47.2 Å². The molecule has 1 saturated heterocycles. The van der Waals surface area contributed by atoms with Crippen molar-refractivity contribution < 1.29 is 4.79 Å². The van der Waals surface area contributed by atoms with Gasteiger partial charge in [-0.25, -0.2) is 4.98 Å². The van der Waals surface area contributed by atoms with Crippen LogP contribution in [0.4, 0.5) is 5.95 Å². The molecule has 7 heteroatoms. The molecule has 2 aromatic heterocycles. The summed E-state index contributed by atoms with van der Waals surface area (Å²) in [4.78, 5) is 34.9. The molecule has 4 rings (SSSR count).